The van der Waals surface area contributed by atoms with Crippen molar-refractivity contribution < 1.29 is 36.8 Å². The Hall–Kier alpha value is 1.71. The van der Waals surface area contributed by atoms with Crippen LogP contribution in [0.3, 0.4) is 0 Å². The maximum Gasteiger partial charge on any atom is 2.00 e. The molecule has 10 heavy (non-hydrogen) atoms. The largest absolute Gasteiger partial charge is 2.00 e. The third-order valence-electron chi connectivity index (χ3n) is 0.667. The third-order valence-corrected chi connectivity index (χ3v) is 0.667. The van der Waals surface area contributed by atoms with Crippen LogP contribution in [0.5, 0.6) is 0 Å². The van der Waals surface area contributed by atoms with Gasteiger partial charge in [0.1, 0.15) is 0 Å². The normalized spacial score (nSPS) is 4.80. The number of hydrogen-bond donors (Lipinski definition) is 0. The summed E-state index contributed by atoms with van der Waals surface area (Å²) in [7, 11) is 0. The zero-order chi connectivity index (χ0) is 4.24. The van der Waals surface area contributed by atoms with Gasteiger partial charge in [0.05, 0.1) is 0 Å². The minimum absolute atomic E-state index is 0. The summed E-state index contributed by atoms with van der Waals surface area (Å²) < 4.78 is 0. The molecule has 0 radical (unpaired) electrons. The van der Waals surface area contributed by atoms with Gasteiger partial charge in [0, 0.05) is 0 Å². The number of rotatable bonds is 0. The van der Waals surface area contributed by atoms with Crippen molar-refractivity contribution in [3.05, 3.63) is 36.4 Å². The average molecular weight is 289 g/mol. The Labute approximate surface area is 118 Å². The molecule has 0 heterocycles. The van der Waals surface area contributed by atoms with Gasteiger partial charge in [0.15, 0.2) is 0 Å². The topological polar surface area (TPSA) is 0 Å². The molecule has 0 amide bonds. The molecule has 0 atom stereocenters. The molecule has 0 aromatic heterocycles. The van der Waals surface area contributed by atoms with Crippen molar-refractivity contribution in [2.24, 2.45) is 0 Å². The van der Waals surface area contributed by atoms with Gasteiger partial charge in [-0.05, 0) is 0 Å². The monoisotopic (exact) mass is 286 g/mol. The van der Waals surface area contributed by atoms with Gasteiger partial charge in [-0.3, -0.25) is 0 Å². The maximum absolute atomic E-state index is 2.00. The molecule has 0 fully saturated rings. The van der Waals surface area contributed by atoms with Crippen LogP contribution in [0.1, 0.15) is 2.85 Å². The Morgan fingerprint density at radius 2 is 0.600 bits per heavy atom. The van der Waals surface area contributed by atoms with Gasteiger partial charge in [0.25, 0.3) is 0 Å². The summed E-state index contributed by atoms with van der Waals surface area (Å²) in [5.74, 6) is 0. The molecule has 0 N–H and O–H groups in total. The summed E-state index contributed by atoms with van der Waals surface area (Å²) in [6, 6.07) is 12.0. The predicted octanol–water partition coefficient (Wildman–Crippen LogP) is -4.84. The first-order valence-corrected chi connectivity index (χ1v) is 2.00. The molecule has 50 valence electrons. The van der Waals surface area contributed by atoms with Crippen molar-refractivity contribution in [2.75, 3.05) is 0 Å². The van der Waals surface area contributed by atoms with Gasteiger partial charge in [-0.2, -0.15) is 0 Å². The Bertz CT molecular complexity index is 93.5. The van der Waals surface area contributed by atoms with Gasteiger partial charge in [-0.25, -0.2) is 0 Å². The van der Waals surface area contributed by atoms with E-state index in [0.29, 0.717) is 0 Å². The van der Waals surface area contributed by atoms with Crippen molar-refractivity contribution in [3.63, 3.8) is 0 Å². The van der Waals surface area contributed by atoms with Crippen LogP contribution in [0.25, 0.3) is 0 Å². The standard InChI is InChI=1S/C6H6.2BrH.2Mg.2H/c1-2-4-6-5-3-1;;;;;;/h1-6H;2*1H;;;;/q;;;2*+2;2*-1/p-2. The van der Waals surface area contributed by atoms with Gasteiger partial charge in [-0.1, -0.05) is 36.4 Å². The summed E-state index contributed by atoms with van der Waals surface area (Å²) in [4.78, 5) is 0. The van der Waals surface area contributed by atoms with Crippen molar-refractivity contribution in [2.45, 2.75) is 0 Å². The summed E-state index contributed by atoms with van der Waals surface area (Å²) in [5.41, 5.74) is 0. The number of benzene rings is 1. The molecule has 1 rings (SSSR count). The Balaban J connectivity index is -0.0000000150. The summed E-state index contributed by atoms with van der Waals surface area (Å²) in [6.45, 7) is 0. The fourth-order valence-electron chi connectivity index (χ4n) is 0.385. The molecule has 0 saturated carbocycles. The second kappa shape index (κ2) is 17.0. The van der Waals surface area contributed by atoms with Gasteiger partial charge in [-0.15, -0.1) is 0 Å². The number of hydrogen-bond acceptors (Lipinski definition) is 0. The zero-order valence-corrected chi connectivity index (χ0v) is 11.6. The molecule has 0 spiro atoms. The van der Waals surface area contributed by atoms with Crippen LogP contribution in [0.4, 0.5) is 0 Å². The fraction of sp³-hybridized carbons (Fsp3) is 0. The summed E-state index contributed by atoms with van der Waals surface area (Å²) >= 11 is 0. The summed E-state index contributed by atoms with van der Waals surface area (Å²) in [5, 5.41) is 0. The molecule has 1 aromatic carbocycles. The van der Waals surface area contributed by atoms with E-state index in [1.165, 1.54) is 0 Å². The van der Waals surface area contributed by atoms with E-state index in [1.807, 2.05) is 36.4 Å². The molecule has 0 nitrogen and oxygen atoms in total. The van der Waals surface area contributed by atoms with Crippen LogP contribution in [0.2, 0.25) is 0 Å². The molecule has 0 saturated heterocycles. The SMILES string of the molecule is [Br-].[Br-].[H-].[H-].[Mg+2].[Mg+2].c1ccccc1. The Morgan fingerprint density at radius 1 is 0.500 bits per heavy atom. The van der Waals surface area contributed by atoms with Crippen molar-refractivity contribution >= 4 is 46.1 Å². The number of halogens is 2. The van der Waals surface area contributed by atoms with Crippen molar-refractivity contribution in [1.82, 2.24) is 0 Å². The van der Waals surface area contributed by atoms with E-state index in [1.54, 1.807) is 0 Å². The van der Waals surface area contributed by atoms with E-state index >= 15 is 0 Å². The van der Waals surface area contributed by atoms with E-state index in [9.17, 15) is 0 Å². The van der Waals surface area contributed by atoms with Gasteiger partial charge >= 0.3 is 46.1 Å². The van der Waals surface area contributed by atoms with E-state index in [0.717, 1.165) is 0 Å². The van der Waals surface area contributed by atoms with Gasteiger partial charge < -0.3 is 36.8 Å². The van der Waals surface area contributed by atoms with Crippen LogP contribution >= 0.6 is 0 Å². The Kier molecular flexibility index (Phi) is 38.4. The first-order valence-electron chi connectivity index (χ1n) is 2.00. The minimum atomic E-state index is 0. The quantitative estimate of drug-likeness (QED) is 0.420. The molecule has 0 aliphatic rings. The van der Waals surface area contributed by atoms with Gasteiger partial charge in [0.2, 0.25) is 0 Å². The van der Waals surface area contributed by atoms with Crippen LogP contribution in [-0.2, 0) is 0 Å². The fourth-order valence-corrected chi connectivity index (χ4v) is 0.385. The molecular formula is C6H8Br2Mg2. The predicted molar refractivity (Wildman–Crippen MR) is 40.2 cm³/mol. The smallest absolute Gasteiger partial charge is 1.00 e. The molecule has 4 heteroatoms. The van der Waals surface area contributed by atoms with Crippen molar-refractivity contribution in [1.29, 1.82) is 0 Å². The zero-order valence-electron chi connectivity index (χ0n) is 7.63. The third kappa shape index (κ3) is 12.4. The molecule has 0 aliphatic heterocycles. The van der Waals surface area contributed by atoms with E-state index in [-0.39, 0.29) is 82.9 Å². The molecular weight excluding hydrogens is 280 g/mol. The van der Waals surface area contributed by atoms with E-state index < -0.39 is 0 Å². The van der Waals surface area contributed by atoms with Crippen LogP contribution in [0, 0.1) is 0 Å². The van der Waals surface area contributed by atoms with E-state index in [2.05, 4.69) is 0 Å². The van der Waals surface area contributed by atoms with Crippen LogP contribution in [-0.4, -0.2) is 46.1 Å². The molecule has 1 aromatic rings. The Morgan fingerprint density at radius 3 is 0.700 bits per heavy atom. The molecule has 0 bridgehead atoms. The van der Waals surface area contributed by atoms with Crippen molar-refractivity contribution in [3.8, 4) is 0 Å². The first kappa shape index (κ1) is 22.6. The van der Waals surface area contributed by atoms with Crippen LogP contribution in [0.15, 0.2) is 36.4 Å². The van der Waals surface area contributed by atoms with E-state index in [4.69, 9.17) is 0 Å². The second-order valence-corrected chi connectivity index (χ2v) is 1.15. The average Bonchev–Trinajstić information content (AvgIpc) is 1.72. The first-order chi connectivity index (χ1) is 3.00. The molecule has 0 aliphatic carbocycles. The van der Waals surface area contributed by atoms with Crippen LogP contribution < -0.4 is 34.0 Å². The minimum Gasteiger partial charge on any atom is -1.00 e. The molecule has 0 unspecified atom stereocenters. The second-order valence-electron chi connectivity index (χ2n) is 1.15. The summed E-state index contributed by atoms with van der Waals surface area (Å²) in [6.07, 6.45) is 0. The maximum atomic E-state index is 2.00.